The minimum atomic E-state index is -0.488. The van der Waals surface area contributed by atoms with Crippen LogP contribution in [-0.2, 0) is 11.2 Å². The van der Waals surface area contributed by atoms with Crippen molar-refractivity contribution in [1.82, 2.24) is 25.1 Å². The summed E-state index contributed by atoms with van der Waals surface area (Å²) in [4.78, 5) is 20.4. The Morgan fingerprint density at radius 3 is 2.75 bits per heavy atom. The van der Waals surface area contributed by atoms with Gasteiger partial charge in [-0.05, 0) is 32.0 Å². The second-order valence-electron chi connectivity index (χ2n) is 6.25. The molecule has 0 aliphatic heterocycles. The second kappa shape index (κ2) is 8.79. The number of hydrogen-bond acceptors (Lipinski definition) is 5. The summed E-state index contributed by atoms with van der Waals surface area (Å²) in [5, 5.41) is 10.5. The quantitative estimate of drug-likeness (QED) is 0.593. The Morgan fingerprint density at radius 1 is 1.21 bits per heavy atom. The summed E-state index contributed by atoms with van der Waals surface area (Å²) in [6.07, 6.45) is 1.34. The molecule has 0 aliphatic rings. The maximum absolute atomic E-state index is 13.7. The Balaban J connectivity index is 1.51. The summed E-state index contributed by atoms with van der Waals surface area (Å²) in [5.41, 5.74) is 2.07. The second-order valence-corrected chi connectivity index (χ2v) is 6.66. The van der Waals surface area contributed by atoms with Crippen molar-refractivity contribution in [3.05, 3.63) is 64.5 Å². The van der Waals surface area contributed by atoms with Gasteiger partial charge in [-0.1, -0.05) is 17.7 Å². The molecular weight excluding hydrogens is 383 g/mol. The summed E-state index contributed by atoms with van der Waals surface area (Å²) in [6, 6.07) is 8.09. The van der Waals surface area contributed by atoms with Gasteiger partial charge < -0.3 is 10.6 Å². The highest BCUT2D eigenvalue weighted by Crippen LogP contribution is 2.19. The van der Waals surface area contributed by atoms with Gasteiger partial charge in [0.25, 0.3) is 0 Å². The van der Waals surface area contributed by atoms with E-state index in [0.717, 1.165) is 11.4 Å². The van der Waals surface area contributed by atoms with Crippen LogP contribution < -0.4 is 10.6 Å². The van der Waals surface area contributed by atoms with Crippen LogP contribution in [0.4, 0.5) is 10.2 Å². The minimum Gasteiger partial charge on any atom is -0.368 e. The fraction of sp³-hybridized carbons (Fsp3) is 0.263. The van der Waals surface area contributed by atoms with Crippen LogP contribution in [0.2, 0.25) is 5.02 Å². The summed E-state index contributed by atoms with van der Waals surface area (Å²) < 4.78 is 15.5. The van der Waals surface area contributed by atoms with E-state index in [0.29, 0.717) is 24.7 Å². The first-order valence-corrected chi connectivity index (χ1v) is 9.11. The number of halogens is 2. The molecule has 7 nitrogen and oxygen atoms in total. The molecule has 0 unspecified atom stereocenters. The molecule has 0 radical (unpaired) electrons. The number of rotatable bonds is 7. The molecule has 0 fully saturated rings. The molecule has 28 heavy (non-hydrogen) atoms. The fourth-order valence-corrected chi connectivity index (χ4v) is 2.97. The minimum absolute atomic E-state index is 0.110. The molecule has 0 saturated carbocycles. The van der Waals surface area contributed by atoms with E-state index < -0.39 is 5.82 Å². The van der Waals surface area contributed by atoms with E-state index >= 15 is 0 Å². The molecular formula is C19H20ClFN6O. The highest BCUT2D eigenvalue weighted by Gasteiger charge is 2.11. The predicted octanol–water partition coefficient (Wildman–Crippen LogP) is 2.84. The molecule has 3 rings (SSSR count). The lowest BCUT2D eigenvalue weighted by atomic mass is 10.1. The molecule has 3 aromatic rings. The number of carbonyl (C=O) groups excluding carboxylic acids is 1. The number of carbonyl (C=O) groups is 1. The molecule has 2 aromatic heterocycles. The number of aromatic nitrogens is 4. The summed E-state index contributed by atoms with van der Waals surface area (Å²) in [5.74, 6) is 0.475. The van der Waals surface area contributed by atoms with Crippen molar-refractivity contribution in [2.75, 3.05) is 18.4 Å². The fourth-order valence-electron chi connectivity index (χ4n) is 2.74. The SMILES string of the molecule is Cc1cc(C)n(-c2cc(NCCNC(=O)Cc3c(F)cccc3Cl)ncn2)n1. The van der Waals surface area contributed by atoms with E-state index in [9.17, 15) is 9.18 Å². The van der Waals surface area contributed by atoms with E-state index in [2.05, 4.69) is 25.7 Å². The van der Waals surface area contributed by atoms with Gasteiger partial charge in [0.2, 0.25) is 5.91 Å². The normalized spacial score (nSPS) is 10.7. The lowest BCUT2D eigenvalue weighted by Gasteiger charge is -2.10. The molecule has 0 bridgehead atoms. The van der Waals surface area contributed by atoms with Crippen molar-refractivity contribution in [2.24, 2.45) is 0 Å². The van der Waals surface area contributed by atoms with Crippen LogP contribution in [0.1, 0.15) is 17.0 Å². The van der Waals surface area contributed by atoms with E-state index in [4.69, 9.17) is 11.6 Å². The number of hydrogen-bond donors (Lipinski definition) is 2. The van der Waals surface area contributed by atoms with Crippen LogP contribution in [0.3, 0.4) is 0 Å². The number of nitrogens with one attached hydrogen (secondary N) is 2. The van der Waals surface area contributed by atoms with Crippen molar-refractivity contribution in [3.8, 4) is 5.82 Å². The highest BCUT2D eigenvalue weighted by atomic mass is 35.5. The zero-order valence-corrected chi connectivity index (χ0v) is 16.3. The largest absolute Gasteiger partial charge is 0.368 e. The zero-order valence-electron chi connectivity index (χ0n) is 15.5. The lowest BCUT2D eigenvalue weighted by molar-refractivity contribution is -0.120. The number of nitrogens with zero attached hydrogens (tertiary/aromatic N) is 4. The topological polar surface area (TPSA) is 84.7 Å². The van der Waals surface area contributed by atoms with Crippen molar-refractivity contribution in [2.45, 2.75) is 20.3 Å². The number of anilines is 1. The molecule has 146 valence electrons. The van der Waals surface area contributed by atoms with Gasteiger partial charge in [0.1, 0.15) is 18.0 Å². The molecule has 2 heterocycles. The maximum Gasteiger partial charge on any atom is 0.224 e. The van der Waals surface area contributed by atoms with Gasteiger partial charge in [-0.3, -0.25) is 4.79 Å². The lowest BCUT2D eigenvalue weighted by Crippen LogP contribution is -2.30. The predicted molar refractivity (Wildman–Crippen MR) is 105 cm³/mol. The average molecular weight is 403 g/mol. The molecule has 0 spiro atoms. The highest BCUT2D eigenvalue weighted by molar-refractivity contribution is 6.31. The van der Waals surface area contributed by atoms with Crippen LogP contribution in [0.15, 0.2) is 36.7 Å². The molecule has 9 heteroatoms. The average Bonchev–Trinajstić information content (AvgIpc) is 3.00. The standard InChI is InChI=1S/C19H20ClFN6O/c1-12-8-13(2)27(26-12)18-10-17(24-11-25-18)22-6-7-23-19(28)9-14-15(20)4-3-5-16(14)21/h3-5,8,10-11H,6-7,9H2,1-2H3,(H,23,28)(H,22,24,25). The van der Waals surface area contributed by atoms with Crippen LogP contribution in [0, 0.1) is 19.7 Å². The Kier molecular flexibility index (Phi) is 6.20. The van der Waals surface area contributed by atoms with Crippen molar-refractivity contribution in [1.29, 1.82) is 0 Å². The van der Waals surface area contributed by atoms with E-state index in [1.54, 1.807) is 16.8 Å². The Labute approximate surface area is 167 Å². The van der Waals surface area contributed by atoms with Crippen molar-refractivity contribution in [3.63, 3.8) is 0 Å². The van der Waals surface area contributed by atoms with Gasteiger partial charge in [-0.25, -0.2) is 19.0 Å². The number of amides is 1. The third-order valence-corrected chi connectivity index (χ3v) is 4.39. The van der Waals surface area contributed by atoms with E-state index in [1.165, 1.54) is 18.5 Å². The summed E-state index contributed by atoms with van der Waals surface area (Å²) in [6.45, 7) is 4.67. The van der Waals surface area contributed by atoms with Gasteiger partial charge in [-0.15, -0.1) is 0 Å². The smallest absolute Gasteiger partial charge is 0.224 e. The van der Waals surface area contributed by atoms with Crippen molar-refractivity contribution < 1.29 is 9.18 Å². The van der Waals surface area contributed by atoms with Gasteiger partial charge in [0.15, 0.2) is 5.82 Å². The maximum atomic E-state index is 13.7. The van der Waals surface area contributed by atoms with E-state index in [-0.39, 0.29) is 22.9 Å². The zero-order chi connectivity index (χ0) is 20.1. The molecule has 0 aliphatic carbocycles. The molecule has 1 aromatic carbocycles. The number of aryl methyl sites for hydroxylation is 2. The van der Waals surface area contributed by atoms with Gasteiger partial charge in [-0.2, -0.15) is 5.10 Å². The third-order valence-electron chi connectivity index (χ3n) is 4.03. The van der Waals surface area contributed by atoms with Gasteiger partial charge in [0, 0.05) is 35.4 Å². The van der Waals surface area contributed by atoms with Crippen LogP contribution in [0.5, 0.6) is 0 Å². The van der Waals surface area contributed by atoms with Crippen LogP contribution >= 0.6 is 11.6 Å². The molecule has 2 N–H and O–H groups in total. The number of benzene rings is 1. The monoisotopic (exact) mass is 402 g/mol. The van der Waals surface area contributed by atoms with Crippen LogP contribution in [-0.4, -0.2) is 38.7 Å². The Morgan fingerprint density at radius 2 is 2.04 bits per heavy atom. The summed E-state index contributed by atoms with van der Waals surface area (Å²) in [7, 11) is 0. The van der Waals surface area contributed by atoms with Gasteiger partial charge >= 0.3 is 0 Å². The van der Waals surface area contributed by atoms with E-state index in [1.807, 2.05) is 19.9 Å². The van der Waals surface area contributed by atoms with Crippen molar-refractivity contribution >= 4 is 23.3 Å². The molecule has 0 saturated heterocycles. The Hall–Kier alpha value is -3.00. The first-order chi connectivity index (χ1) is 13.4. The summed E-state index contributed by atoms with van der Waals surface area (Å²) >= 11 is 5.94. The first kappa shape index (κ1) is 19.8. The van der Waals surface area contributed by atoms with Crippen LogP contribution in [0.25, 0.3) is 5.82 Å². The molecule has 1 amide bonds. The third kappa shape index (κ3) is 4.83. The molecule has 0 atom stereocenters. The Bertz CT molecular complexity index is 970. The van der Waals surface area contributed by atoms with Gasteiger partial charge in [0.05, 0.1) is 12.1 Å². The first-order valence-electron chi connectivity index (χ1n) is 8.73.